The molecule has 1 amide bonds. The van der Waals surface area contributed by atoms with Crippen LogP contribution >= 0.6 is 0 Å². The Balaban J connectivity index is 1.89. The summed E-state index contributed by atoms with van der Waals surface area (Å²) < 4.78 is 17.9. The van der Waals surface area contributed by atoms with Crippen LogP contribution in [0.5, 0.6) is 0 Å². The number of hydrogen-bond acceptors (Lipinski definition) is 3. The monoisotopic (exact) mass is 251 g/mol. The minimum atomic E-state index is -0.494. The zero-order valence-electron chi connectivity index (χ0n) is 9.98. The highest BCUT2D eigenvalue weighted by Crippen LogP contribution is 2.48. The second-order valence-electron chi connectivity index (χ2n) is 4.26. The van der Waals surface area contributed by atoms with Crippen LogP contribution in [-0.4, -0.2) is 25.5 Å². The lowest BCUT2D eigenvalue weighted by Crippen LogP contribution is -2.31. The van der Waals surface area contributed by atoms with E-state index >= 15 is 0 Å². The molecule has 2 unspecified atom stereocenters. The Bertz CT molecular complexity index is 475. The van der Waals surface area contributed by atoms with Gasteiger partial charge < -0.3 is 10.1 Å². The fourth-order valence-electron chi connectivity index (χ4n) is 1.97. The van der Waals surface area contributed by atoms with Crippen molar-refractivity contribution in [2.75, 3.05) is 13.7 Å². The Morgan fingerprint density at radius 3 is 2.83 bits per heavy atom. The quantitative estimate of drug-likeness (QED) is 0.818. The summed E-state index contributed by atoms with van der Waals surface area (Å²) in [6.07, 6.45) is 0.619. The Labute approximate surface area is 104 Å². The van der Waals surface area contributed by atoms with E-state index in [9.17, 15) is 14.0 Å². The van der Waals surface area contributed by atoms with Crippen molar-refractivity contribution in [3.05, 3.63) is 35.6 Å². The molecule has 96 valence electrons. The van der Waals surface area contributed by atoms with Crippen LogP contribution in [-0.2, 0) is 14.3 Å². The molecule has 1 aromatic carbocycles. The third kappa shape index (κ3) is 2.67. The first kappa shape index (κ1) is 12.5. The van der Waals surface area contributed by atoms with E-state index < -0.39 is 5.97 Å². The standard InChI is InChI=1S/C13H14FNO3/c1-18-12(16)7-15-13(17)10-6-9(10)8-4-2-3-5-11(8)14/h2-5,9-10H,6-7H2,1H3,(H,15,17). The van der Waals surface area contributed by atoms with Crippen LogP contribution in [0, 0.1) is 11.7 Å². The molecule has 0 heterocycles. The van der Waals surface area contributed by atoms with Crippen molar-refractivity contribution in [3.8, 4) is 0 Å². The molecule has 2 atom stereocenters. The molecular formula is C13H14FNO3. The molecule has 1 N–H and O–H groups in total. The predicted molar refractivity (Wildman–Crippen MR) is 62.3 cm³/mol. The van der Waals surface area contributed by atoms with Crippen LogP contribution < -0.4 is 5.32 Å². The molecule has 0 bridgehead atoms. The Morgan fingerprint density at radius 2 is 2.17 bits per heavy atom. The van der Waals surface area contributed by atoms with Crippen LogP contribution in [0.25, 0.3) is 0 Å². The van der Waals surface area contributed by atoms with Crippen molar-refractivity contribution in [1.82, 2.24) is 5.32 Å². The first-order valence-electron chi connectivity index (χ1n) is 5.72. The number of rotatable bonds is 4. The number of benzene rings is 1. The summed E-state index contributed by atoms with van der Waals surface area (Å²) in [7, 11) is 1.26. The van der Waals surface area contributed by atoms with E-state index in [1.807, 2.05) is 0 Å². The molecule has 0 spiro atoms. The minimum absolute atomic E-state index is 0.0798. The SMILES string of the molecule is COC(=O)CNC(=O)C1CC1c1ccccc1F. The number of halogens is 1. The smallest absolute Gasteiger partial charge is 0.325 e. The number of amides is 1. The number of carbonyl (C=O) groups is 2. The molecule has 1 saturated carbocycles. The van der Waals surface area contributed by atoms with Crippen LogP contribution in [0.15, 0.2) is 24.3 Å². The highest BCUT2D eigenvalue weighted by molar-refractivity contribution is 5.86. The summed E-state index contributed by atoms with van der Waals surface area (Å²) in [5.41, 5.74) is 0.565. The minimum Gasteiger partial charge on any atom is -0.468 e. The fraction of sp³-hybridized carbons (Fsp3) is 0.385. The maximum atomic E-state index is 13.5. The maximum absolute atomic E-state index is 13.5. The van der Waals surface area contributed by atoms with Gasteiger partial charge >= 0.3 is 5.97 Å². The maximum Gasteiger partial charge on any atom is 0.325 e. The van der Waals surface area contributed by atoms with E-state index in [0.29, 0.717) is 12.0 Å². The second kappa shape index (κ2) is 5.16. The summed E-state index contributed by atoms with van der Waals surface area (Å²) in [4.78, 5) is 22.5. The van der Waals surface area contributed by atoms with E-state index in [-0.39, 0.29) is 30.1 Å². The zero-order valence-corrected chi connectivity index (χ0v) is 9.98. The molecule has 0 radical (unpaired) electrons. The third-order valence-corrected chi connectivity index (χ3v) is 3.07. The van der Waals surface area contributed by atoms with Gasteiger partial charge in [-0.15, -0.1) is 0 Å². The molecule has 4 nitrogen and oxygen atoms in total. The van der Waals surface area contributed by atoms with E-state index in [1.54, 1.807) is 18.2 Å². The van der Waals surface area contributed by atoms with Crippen molar-refractivity contribution in [1.29, 1.82) is 0 Å². The van der Waals surface area contributed by atoms with Crippen molar-refractivity contribution in [3.63, 3.8) is 0 Å². The van der Waals surface area contributed by atoms with Crippen LogP contribution in [0.1, 0.15) is 17.9 Å². The van der Waals surface area contributed by atoms with Crippen molar-refractivity contribution in [2.45, 2.75) is 12.3 Å². The molecular weight excluding hydrogens is 237 g/mol. The molecule has 18 heavy (non-hydrogen) atoms. The van der Waals surface area contributed by atoms with Gasteiger partial charge in [-0.05, 0) is 24.0 Å². The molecule has 1 fully saturated rings. The topological polar surface area (TPSA) is 55.4 Å². The van der Waals surface area contributed by atoms with Gasteiger partial charge in [0.25, 0.3) is 0 Å². The van der Waals surface area contributed by atoms with E-state index in [1.165, 1.54) is 13.2 Å². The Morgan fingerprint density at radius 1 is 1.44 bits per heavy atom. The lowest BCUT2D eigenvalue weighted by molar-refractivity contribution is -0.141. The fourth-order valence-corrected chi connectivity index (χ4v) is 1.97. The summed E-state index contributed by atoms with van der Waals surface area (Å²) in [5.74, 6) is -1.33. The first-order chi connectivity index (χ1) is 8.63. The largest absolute Gasteiger partial charge is 0.468 e. The molecule has 2 rings (SSSR count). The normalized spacial score (nSPS) is 21.2. The van der Waals surface area contributed by atoms with Crippen molar-refractivity contribution in [2.24, 2.45) is 5.92 Å². The van der Waals surface area contributed by atoms with Gasteiger partial charge in [0.1, 0.15) is 12.4 Å². The van der Waals surface area contributed by atoms with Gasteiger partial charge in [0.15, 0.2) is 0 Å². The highest BCUT2D eigenvalue weighted by Gasteiger charge is 2.45. The number of carbonyl (C=O) groups excluding carboxylic acids is 2. The van der Waals surface area contributed by atoms with Crippen molar-refractivity contribution < 1.29 is 18.7 Å². The molecule has 5 heteroatoms. The predicted octanol–water partition coefficient (Wildman–Crippen LogP) is 1.22. The van der Waals surface area contributed by atoms with E-state index in [2.05, 4.69) is 10.1 Å². The van der Waals surface area contributed by atoms with Gasteiger partial charge in [-0.3, -0.25) is 9.59 Å². The number of ether oxygens (including phenoxy) is 1. The lowest BCUT2D eigenvalue weighted by atomic mass is 10.1. The molecule has 1 aliphatic carbocycles. The molecule has 1 aliphatic rings. The Hall–Kier alpha value is -1.91. The van der Waals surface area contributed by atoms with Crippen LogP contribution in [0.3, 0.4) is 0 Å². The van der Waals surface area contributed by atoms with Gasteiger partial charge in [-0.25, -0.2) is 4.39 Å². The summed E-state index contributed by atoms with van der Waals surface area (Å²) in [6, 6.07) is 6.44. The lowest BCUT2D eigenvalue weighted by Gasteiger charge is -2.04. The molecule has 1 aromatic rings. The third-order valence-electron chi connectivity index (χ3n) is 3.07. The average Bonchev–Trinajstić information content (AvgIpc) is 3.16. The highest BCUT2D eigenvalue weighted by atomic mass is 19.1. The first-order valence-corrected chi connectivity index (χ1v) is 5.72. The van der Waals surface area contributed by atoms with Crippen LogP contribution in [0.4, 0.5) is 4.39 Å². The number of nitrogens with one attached hydrogen (secondary N) is 1. The zero-order chi connectivity index (χ0) is 13.1. The molecule has 0 aromatic heterocycles. The Kier molecular flexibility index (Phi) is 3.60. The van der Waals surface area contributed by atoms with Gasteiger partial charge in [0.2, 0.25) is 5.91 Å². The van der Waals surface area contributed by atoms with Gasteiger partial charge in [-0.2, -0.15) is 0 Å². The average molecular weight is 251 g/mol. The van der Waals surface area contributed by atoms with Gasteiger partial charge in [-0.1, -0.05) is 18.2 Å². The van der Waals surface area contributed by atoms with Crippen LogP contribution in [0.2, 0.25) is 0 Å². The number of esters is 1. The second-order valence-corrected chi connectivity index (χ2v) is 4.26. The number of hydrogen-bond donors (Lipinski definition) is 1. The summed E-state index contributed by atoms with van der Waals surface area (Å²) >= 11 is 0. The summed E-state index contributed by atoms with van der Waals surface area (Å²) in [5, 5.41) is 2.48. The molecule has 0 aliphatic heterocycles. The molecule has 0 saturated heterocycles. The number of methoxy groups -OCH3 is 1. The van der Waals surface area contributed by atoms with Crippen molar-refractivity contribution >= 4 is 11.9 Å². The van der Waals surface area contributed by atoms with Gasteiger partial charge in [0.05, 0.1) is 7.11 Å². The van der Waals surface area contributed by atoms with Gasteiger partial charge in [0, 0.05) is 5.92 Å². The summed E-state index contributed by atoms with van der Waals surface area (Å²) in [6.45, 7) is -0.143. The van der Waals surface area contributed by atoms with E-state index in [4.69, 9.17) is 0 Å². The van der Waals surface area contributed by atoms with E-state index in [0.717, 1.165) is 0 Å².